The van der Waals surface area contributed by atoms with Gasteiger partial charge in [-0.1, -0.05) is 17.9 Å². The molecule has 0 amide bonds. The van der Waals surface area contributed by atoms with Gasteiger partial charge in [-0.25, -0.2) is 0 Å². The van der Waals surface area contributed by atoms with Gasteiger partial charge in [-0.15, -0.1) is 0 Å². The van der Waals surface area contributed by atoms with Gasteiger partial charge in [-0.05, 0) is 38.6 Å². The van der Waals surface area contributed by atoms with Crippen LogP contribution in [0.15, 0.2) is 18.2 Å². The number of nitrogens with zero attached hydrogens (tertiary/aromatic N) is 1. The first-order chi connectivity index (χ1) is 9.44. The molecule has 0 unspecified atom stereocenters. The molecule has 0 aliphatic rings. The van der Waals surface area contributed by atoms with Gasteiger partial charge >= 0.3 is 0 Å². The summed E-state index contributed by atoms with van der Waals surface area (Å²) in [6.07, 6.45) is 0. The molecule has 1 aromatic rings. The monoisotopic (exact) mass is 276 g/mol. The van der Waals surface area contributed by atoms with Gasteiger partial charge in [0.05, 0.1) is 25.8 Å². The second-order valence-electron chi connectivity index (χ2n) is 5.37. The topological polar surface area (TPSA) is 58.7 Å². The van der Waals surface area contributed by atoms with Crippen molar-refractivity contribution in [3.63, 3.8) is 0 Å². The number of methoxy groups -OCH3 is 1. The van der Waals surface area contributed by atoms with Crippen LogP contribution in [0.25, 0.3) is 0 Å². The van der Waals surface area contributed by atoms with Crippen molar-refractivity contribution >= 4 is 0 Å². The molecular weight excluding hydrogens is 252 g/mol. The molecule has 1 aromatic carbocycles. The Morgan fingerprint density at radius 3 is 2.65 bits per heavy atom. The van der Waals surface area contributed by atoms with E-state index in [0.717, 1.165) is 23.4 Å². The van der Waals surface area contributed by atoms with Crippen LogP contribution < -0.4 is 10.5 Å². The maximum absolute atomic E-state index is 9.40. The van der Waals surface area contributed by atoms with Gasteiger partial charge in [0.25, 0.3) is 0 Å². The van der Waals surface area contributed by atoms with Crippen LogP contribution in [-0.2, 0) is 6.54 Å². The Hall–Kier alpha value is -1.54. The molecule has 110 valence electrons. The van der Waals surface area contributed by atoms with E-state index in [1.807, 2.05) is 39.1 Å². The lowest BCUT2D eigenvalue weighted by Gasteiger charge is -2.34. The molecule has 0 aromatic heterocycles. The Morgan fingerprint density at radius 1 is 1.40 bits per heavy atom. The summed E-state index contributed by atoms with van der Waals surface area (Å²) in [5, 5.41) is 9.40. The van der Waals surface area contributed by atoms with Gasteiger partial charge in [-0.3, -0.25) is 4.90 Å². The molecule has 4 heteroatoms. The largest absolute Gasteiger partial charge is 0.495 e. The van der Waals surface area contributed by atoms with Crippen LogP contribution in [0.4, 0.5) is 0 Å². The van der Waals surface area contributed by atoms with Crippen LogP contribution in [-0.4, -0.2) is 42.9 Å². The highest BCUT2D eigenvalue weighted by atomic mass is 16.5. The molecule has 3 N–H and O–H groups in total. The third kappa shape index (κ3) is 4.24. The summed E-state index contributed by atoms with van der Waals surface area (Å²) in [6, 6.07) is 5.93. The highest BCUT2D eigenvalue weighted by molar-refractivity contribution is 5.48. The summed E-state index contributed by atoms with van der Waals surface area (Å²) >= 11 is 0. The molecule has 0 saturated carbocycles. The molecule has 0 spiro atoms. The average Bonchev–Trinajstić information content (AvgIpc) is 2.45. The van der Waals surface area contributed by atoms with Crippen molar-refractivity contribution < 1.29 is 9.84 Å². The first kappa shape index (κ1) is 16.5. The Kier molecular flexibility index (Phi) is 6.03. The van der Waals surface area contributed by atoms with E-state index in [0.29, 0.717) is 6.54 Å². The van der Waals surface area contributed by atoms with Crippen molar-refractivity contribution in [2.45, 2.75) is 25.9 Å². The van der Waals surface area contributed by atoms with Gasteiger partial charge in [-0.2, -0.15) is 0 Å². The second-order valence-corrected chi connectivity index (χ2v) is 5.37. The first-order valence-corrected chi connectivity index (χ1v) is 6.62. The lowest BCUT2D eigenvalue weighted by molar-refractivity contribution is 0.0734. The van der Waals surface area contributed by atoms with E-state index in [1.165, 1.54) is 0 Å². The summed E-state index contributed by atoms with van der Waals surface area (Å²) < 4.78 is 5.29. The number of aliphatic hydroxyl groups is 1. The fourth-order valence-corrected chi connectivity index (χ4v) is 1.71. The minimum Gasteiger partial charge on any atom is -0.495 e. The van der Waals surface area contributed by atoms with Crippen LogP contribution in [0, 0.1) is 11.8 Å². The molecule has 0 aliphatic carbocycles. The quantitative estimate of drug-likeness (QED) is 0.794. The van der Waals surface area contributed by atoms with E-state index in [2.05, 4.69) is 16.7 Å². The average molecular weight is 276 g/mol. The van der Waals surface area contributed by atoms with Crippen molar-refractivity contribution in [3.8, 4) is 17.6 Å². The molecule has 0 heterocycles. The fourth-order valence-electron chi connectivity index (χ4n) is 1.71. The lowest BCUT2D eigenvalue weighted by atomic mass is 10.0. The van der Waals surface area contributed by atoms with Crippen LogP contribution in [0.1, 0.15) is 25.0 Å². The predicted octanol–water partition coefficient (Wildman–Crippen LogP) is 1.21. The molecule has 0 atom stereocenters. The summed E-state index contributed by atoms with van der Waals surface area (Å²) in [5.74, 6) is 6.62. The van der Waals surface area contributed by atoms with E-state index in [1.54, 1.807) is 7.11 Å². The van der Waals surface area contributed by atoms with E-state index >= 15 is 0 Å². The van der Waals surface area contributed by atoms with E-state index < -0.39 is 0 Å². The third-order valence-electron chi connectivity index (χ3n) is 3.43. The SMILES string of the molecule is COc1ccc(CN(C)C(C)(C)CO)cc1C#CCN. The van der Waals surface area contributed by atoms with Gasteiger partial charge in [0, 0.05) is 12.1 Å². The van der Waals surface area contributed by atoms with Crippen molar-refractivity contribution in [1.29, 1.82) is 0 Å². The smallest absolute Gasteiger partial charge is 0.134 e. The Morgan fingerprint density at radius 2 is 2.10 bits per heavy atom. The highest BCUT2D eigenvalue weighted by Crippen LogP contribution is 2.21. The zero-order valence-corrected chi connectivity index (χ0v) is 12.7. The van der Waals surface area contributed by atoms with Gasteiger partial charge in [0.1, 0.15) is 5.75 Å². The standard InChI is InChI=1S/C16H24N2O2/c1-16(2,12-19)18(3)11-13-7-8-15(20-4)14(10-13)6-5-9-17/h7-8,10,19H,9,11-12,17H2,1-4H3. The normalized spacial score (nSPS) is 11.2. The molecular formula is C16H24N2O2. The summed E-state index contributed by atoms with van der Waals surface area (Å²) in [7, 11) is 3.62. The lowest BCUT2D eigenvalue weighted by Crippen LogP contribution is -2.43. The number of hydrogen-bond acceptors (Lipinski definition) is 4. The van der Waals surface area contributed by atoms with Crippen LogP contribution in [0.2, 0.25) is 0 Å². The van der Waals surface area contributed by atoms with Crippen molar-refractivity contribution in [3.05, 3.63) is 29.3 Å². The molecule has 0 fully saturated rings. The predicted molar refractivity (Wildman–Crippen MR) is 81.6 cm³/mol. The zero-order valence-electron chi connectivity index (χ0n) is 12.7. The summed E-state index contributed by atoms with van der Waals surface area (Å²) in [6.45, 7) is 5.18. The number of nitrogens with two attached hydrogens (primary N) is 1. The Balaban J connectivity index is 2.97. The maximum Gasteiger partial charge on any atom is 0.134 e. The second kappa shape index (κ2) is 7.30. The van der Waals surface area contributed by atoms with E-state index in [4.69, 9.17) is 10.5 Å². The van der Waals surface area contributed by atoms with Crippen LogP contribution in [0.3, 0.4) is 0 Å². The van der Waals surface area contributed by atoms with Gasteiger partial charge in [0.15, 0.2) is 0 Å². The molecule has 0 saturated heterocycles. The Bertz CT molecular complexity index is 501. The fraction of sp³-hybridized carbons (Fsp3) is 0.500. The molecule has 0 aliphatic heterocycles. The molecule has 1 rings (SSSR count). The van der Waals surface area contributed by atoms with E-state index in [9.17, 15) is 5.11 Å². The number of hydrogen-bond donors (Lipinski definition) is 2. The number of benzene rings is 1. The number of rotatable bonds is 5. The first-order valence-electron chi connectivity index (χ1n) is 6.62. The molecule has 20 heavy (non-hydrogen) atoms. The number of likely N-dealkylation sites (N-methyl/N-ethyl adjacent to an activating group) is 1. The van der Waals surface area contributed by atoms with Crippen molar-refractivity contribution in [2.75, 3.05) is 27.3 Å². The third-order valence-corrected chi connectivity index (χ3v) is 3.43. The van der Waals surface area contributed by atoms with Crippen LogP contribution in [0.5, 0.6) is 5.75 Å². The number of aliphatic hydroxyl groups excluding tert-OH is 1. The minimum absolute atomic E-state index is 0.111. The zero-order chi connectivity index (χ0) is 15.2. The molecule has 4 nitrogen and oxygen atoms in total. The Labute approximate surface area is 121 Å². The molecule has 0 bridgehead atoms. The van der Waals surface area contributed by atoms with E-state index in [-0.39, 0.29) is 12.1 Å². The minimum atomic E-state index is -0.261. The van der Waals surface area contributed by atoms with Crippen molar-refractivity contribution in [2.24, 2.45) is 5.73 Å². The number of ether oxygens (including phenoxy) is 1. The van der Waals surface area contributed by atoms with Crippen LogP contribution >= 0.6 is 0 Å². The highest BCUT2D eigenvalue weighted by Gasteiger charge is 2.22. The maximum atomic E-state index is 9.40. The summed E-state index contributed by atoms with van der Waals surface area (Å²) in [5.41, 5.74) is 7.11. The van der Waals surface area contributed by atoms with Gasteiger partial charge < -0.3 is 15.6 Å². The van der Waals surface area contributed by atoms with Crippen molar-refractivity contribution in [1.82, 2.24) is 4.90 Å². The summed E-state index contributed by atoms with van der Waals surface area (Å²) in [4.78, 5) is 2.11. The van der Waals surface area contributed by atoms with Gasteiger partial charge in [0.2, 0.25) is 0 Å². The molecule has 0 radical (unpaired) electrons.